The van der Waals surface area contributed by atoms with Crippen LogP contribution in [0.5, 0.6) is 0 Å². The Hall–Kier alpha value is -1.64. The highest BCUT2D eigenvalue weighted by atomic mass is 14.7. The predicted octanol–water partition coefficient (Wildman–Crippen LogP) is 4.03. The fourth-order valence-electron chi connectivity index (χ4n) is 3.80. The second-order valence-corrected chi connectivity index (χ2v) is 6.86. The lowest BCUT2D eigenvalue weighted by molar-refractivity contribution is 0.442. The highest BCUT2D eigenvalue weighted by molar-refractivity contribution is 5.26. The molecule has 4 N–H and O–H groups in total. The molecular formula is C21H28N2. The summed E-state index contributed by atoms with van der Waals surface area (Å²) < 4.78 is 0. The van der Waals surface area contributed by atoms with Crippen LogP contribution in [0.3, 0.4) is 0 Å². The van der Waals surface area contributed by atoms with Crippen LogP contribution in [-0.2, 0) is 0 Å². The molecule has 4 unspecified atom stereocenters. The van der Waals surface area contributed by atoms with Gasteiger partial charge in [0.25, 0.3) is 0 Å². The van der Waals surface area contributed by atoms with Crippen molar-refractivity contribution >= 4 is 0 Å². The van der Waals surface area contributed by atoms with Crippen molar-refractivity contribution in [1.82, 2.24) is 0 Å². The van der Waals surface area contributed by atoms with Crippen LogP contribution < -0.4 is 11.5 Å². The molecule has 1 fully saturated rings. The minimum atomic E-state index is 0.225. The van der Waals surface area contributed by atoms with E-state index in [9.17, 15) is 0 Å². The van der Waals surface area contributed by atoms with Gasteiger partial charge in [0, 0.05) is 6.04 Å². The molecule has 0 spiro atoms. The van der Waals surface area contributed by atoms with Crippen molar-refractivity contribution in [2.75, 3.05) is 6.54 Å². The lowest BCUT2D eigenvalue weighted by Crippen LogP contribution is -2.29. The van der Waals surface area contributed by atoms with Gasteiger partial charge in [0.2, 0.25) is 0 Å². The first-order valence-corrected chi connectivity index (χ1v) is 8.85. The van der Waals surface area contributed by atoms with E-state index in [1.165, 1.54) is 17.5 Å². The van der Waals surface area contributed by atoms with E-state index in [2.05, 4.69) is 60.7 Å². The Morgan fingerprint density at radius 2 is 1.61 bits per heavy atom. The molecule has 122 valence electrons. The molecule has 0 heterocycles. The fourth-order valence-corrected chi connectivity index (χ4v) is 3.80. The topological polar surface area (TPSA) is 52.0 Å². The highest BCUT2D eigenvalue weighted by Crippen LogP contribution is 2.50. The molecule has 4 atom stereocenters. The van der Waals surface area contributed by atoms with Crippen molar-refractivity contribution < 1.29 is 0 Å². The second kappa shape index (κ2) is 7.76. The summed E-state index contributed by atoms with van der Waals surface area (Å²) in [4.78, 5) is 0. The Morgan fingerprint density at radius 3 is 2.26 bits per heavy atom. The Kier molecular flexibility index (Phi) is 5.47. The summed E-state index contributed by atoms with van der Waals surface area (Å²) in [7, 11) is 0. The molecule has 1 saturated carbocycles. The molecule has 2 aromatic carbocycles. The number of benzene rings is 2. The minimum absolute atomic E-state index is 0.225. The molecule has 0 aliphatic heterocycles. The minimum Gasteiger partial charge on any atom is -0.330 e. The van der Waals surface area contributed by atoms with Crippen LogP contribution >= 0.6 is 0 Å². The summed E-state index contributed by atoms with van der Waals surface area (Å²) in [5.74, 6) is 1.89. The Labute approximate surface area is 139 Å². The third-order valence-corrected chi connectivity index (χ3v) is 5.19. The number of nitrogens with two attached hydrogens (primary N) is 2. The lowest BCUT2D eigenvalue weighted by Gasteiger charge is -2.24. The molecular weight excluding hydrogens is 280 g/mol. The standard InChI is InChI=1S/C21H28N2/c22-13-7-12-19(16-8-3-1-4-9-16)21(23)15-18-14-20(18)17-10-5-2-6-11-17/h1-6,8-11,18-21H,7,12-15,22-23H2. The molecule has 0 aromatic heterocycles. The van der Waals surface area contributed by atoms with Gasteiger partial charge in [-0.2, -0.15) is 0 Å². The summed E-state index contributed by atoms with van der Waals surface area (Å²) in [5.41, 5.74) is 15.2. The molecule has 0 amide bonds. The maximum atomic E-state index is 6.63. The normalized spacial score (nSPS) is 22.5. The van der Waals surface area contributed by atoms with E-state index < -0.39 is 0 Å². The third kappa shape index (κ3) is 4.21. The van der Waals surface area contributed by atoms with E-state index in [4.69, 9.17) is 11.5 Å². The van der Waals surface area contributed by atoms with Gasteiger partial charge in [0.1, 0.15) is 0 Å². The average Bonchev–Trinajstić information content (AvgIpc) is 3.36. The van der Waals surface area contributed by atoms with Crippen LogP contribution in [0.4, 0.5) is 0 Å². The number of hydrogen-bond donors (Lipinski definition) is 2. The third-order valence-electron chi connectivity index (χ3n) is 5.19. The molecule has 0 radical (unpaired) electrons. The van der Waals surface area contributed by atoms with E-state index >= 15 is 0 Å². The molecule has 0 bridgehead atoms. The van der Waals surface area contributed by atoms with Gasteiger partial charge in [-0.25, -0.2) is 0 Å². The first kappa shape index (κ1) is 16.2. The molecule has 1 aliphatic rings. The van der Waals surface area contributed by atoms with Gasteiger partial charge < -0.3 is 11.5 Å². The summed E-state index contributed by atoms with van der Waals surface area (Å²) >= 11 is 0. The van der Waals surface area contributed by atoms with Crippen molar-refractivity contribution in [3.8, 4) is 0 Å². The fraction of sp³-hybridized carbons (Fsp3) is 0.429. The molecule has 2 aromatic rings. The molecule has 2 heteroatoms. The summed E-state index contributed by atoms with van der Waals surface area (Å²) in [6.07, 6.45) is 4.53. The molecule has 23 heavy (non-hydrogen) atoms. The quantitative estimate of drug-likeness (QED) is 0.773. The van der Waals surface area contributed by atoms with Gasteiger partial charge in [-0.1, -0.05) is 60.7 Å². The molecule has 2 nitrogen and oxygen atoms in total. The van der Waals surface area contributed by atoms with Crippen LogP contribution in [0.15, 0.2) is 60.7 Å². The van der Waals surface area contributed by atoms with Crippen molar-refractivity contribution in [1.29, 1.82) is 0 Å². The van der Waals surface area contributed by atoms with Gasteiger partial charge in [-0.15, -0.1) is 0 Å². The van der Waals surface area contributed by atoms with Crippen LogP contribution in [0.1, 0.15) is 48.6 Å². The second-order valence-electron chi connectivity index (χ2n) is 6.86. The Morgan fingerprint density at radius 1 is 0.957 bits per heavy atom. The number of hydrogen-bond acceptors (Lipinski definition) is 2. The van der Waals surface area contributed by atoms with Gasteiger partial charge in [0.15, 0.2) is 0 Å². The van der Waals surface area contributed by atoms with E-state index in [0.717, 1.165) is 31.7 Å². The van der Waals surface area contributed by atoms with E-state index in [1.807, 2.05) is 0 Å². The van der Waals surface area contributed by atoms with E-state index in [0.29, 0.717) is 11.8 Å². The van der Waals surface area contributed by atoms with Gasteiger partial charge in [-0.3, -0.25) is 0 Å². The largest absolute Gasteiger partial charge is 0.330 e. The lowest BCUT2D eigenvalue weighted by atomic mass is 9.85. The van der Waals surface area contributed by atoms with Crippen molar-refractivity contribution in [2.24, 2.45) is 17.4 Å². The van der Waals surface area contributed by atoms with Crippen LogP contribution in [0.25, 0.3) is 0 Å². The predicted molar refractivity (Wildman–Crippen MR) is 97.4 cm³/mol. The van der Waals surface area contributed by atoms with Crippen molar-refractivity contribution in [2.45, 2.75) is 43.6 Å². The van der Waals surface area contributed by atoms with Crippen molar-refractivity contribution in [3.63, 3.8) is 0 Å². The van der Waals surface area contributed by atoms with Crippen molar-refractivity contribution in [3.05, 3.63) is 71.8 Å². The van der Waals surface area contributed by atoms with E-state index in [-0.39, 0.29) is 6.04 Å². The van der Waals surface area contributed by atoms with Gasteiger partial charge >= 0.3 is 0 Å². The zero-order chi connectivity index (χ0) is 16.1. The monoisotopic (exact) mass is 308 g/mol. The summed E-state index contributed by atoms with van der Waals surface area (Å²) in [5, 5.41) is 0. The smallest absolute Gasteiger partial charge is 0.0111 e. The summed E-state index contributed by atoms with van der Waals surface area (Å²) in [6, 6.07) is 21.8. The maximum Gasteiger partial charge on any atom is 0.0111 e. The van der Waals surface area contributed by atoms with Crippen LogP contribution in [0.2, 0.25) is 0 Å². The van der Waals surface area contributed by atoms with Crippen LogP contribution in [-0.4, -0.2) is 12.6 Å². The maximum absolute atomic E-state index is 6.63. The summed E-state index contributed by atoms with van der Waals surface area (Å²) in [6.45, 7) is 0.742. The zero-order valence-corrected chi connectivity index (χ0v) is 13.8. The molecule has 1 aliphatic carbocycles. The number of rotatable bonds is 8. The van der Waals surface area contributed by atoms with E-state index in [1.54, 1.807) is 0 Å². The van der Waals surface area contributed by atoms with Gasteiger partial charge in [0.05, 0.1) is 0 Å². The first-order chi connectivity index (χ1) is 11.3. The zero-order valence-electron chi connectivity index (χ0n) is 13.8. The Balaban J connectivity index is 1.62. The highest BCUT2D eigenvalue weighted by Gasteiger charge is 2.40. The first-order valence-electron chi connectivity index (χ1n) is 8.85. The Bertz CT molecular complexity index is 581. The SMILES string of the molecule is NCCCC(c1ccccc1)C(N)CC1CC1c1ccccc1. The molecule has 0 saturated heterocycles. The van der Waals surface area contributed by atoms with Gasteiger partial charge in [-0.05, 0) is 61.1 Å². The molecule has 3 rings (SSSR count). The average molecular weight is 308 g/mol. The van der Waals surface area contributed by atoms with Crippen LogP contribution in [0, 0.1) is 5.92 Å².